The van der Waals surface area contributed by atoms with Crippen LogP contribution in [0.1, 0.15) is 49.7 Å². The van der Waals surface area contributed by atoms with Gasteiger partial charge in [0.25, 0.3) is 0 Å². The number of piperidine rings is 1. The second kappa shape index (κ2) is 9.38. The van der Waals surface area contributed by atoms with Crippen LogP contribution >= 0.6 is 34.5 Å². The molecule has 3 fully saturated rings. The quantitative estimate of drug-likeness (QED) is 0.527. The van der Waals surface area contributed by atoms with Crippen LogP contribution in [-0.4, -0.2) is 59.9 Å². The molecule has 1 spiro atoms. The van der Waals surface area contributed by atoms with Crippen LogP contribution in [0, 0.1) is 5.41 Å². The van der Waals surface area contributed by atoms with Crippen LogP contribution in [0.2, 0.25) is 10.0 Å². The van der Waals surface area contributed by atoms with E-state index >= 15 is 0 Å². The Morgan fingerprint density at radius 3 is 2.68 bits per heavy atom. The molecule has 5 rings (SSSR count). The number of hydrogen-bond donors (Lipinski definition) is 2. The lowest BCUT2D eigenvalue weighted by Crippen LogP contribution is -2.51. The first-order valence-electron chi connectivity index (χ1n) is 12.1. The summed E-state index contributed by atoms with van der Waals surface area (Å²) in [5.41, 5.74) is 1.20. The number of halogens is 2. The number of rotatable bonds is 6. The molecule has 0 amide bonds. The van der Waals surface area contributed by atoms with E-state index < -0.39 is 11.6 Å². The molecule has 0 aliphatic carbocycles. The summed E-state index contributed by atoms with van der Waals surface area (Å²) in [7, 11) is 0. The van der Waals surface area contributed by atoms with Gasteiger partial charge in [-0.1, -0.05) is 29.3 Å². The number of nitrogens with zero attached hydrogens (tertiary/aromatic N) is 1. The number of likely N-dealkylation sites (tertiary alicyclic amines) is 1. The van der Waals surface area contributed by atoms with E-state index in [-0.39, 0.29) is 11.0 Å². The minimum Gasteiger partial charge on any atom is -0.479 e. The van der Waals surface area contributed by atoms with E-state index in [2.05, 4.69) is 33.1 Å². The van der Waals surface area contributed by atoms with E-state index in [0.29, 0.717) is 17.4 Å². The van der Waals surface area contributed by atoms with Crippen molar-refractivity contribution in [3.8, 4) is 0 Å². The van der Waals surface area contributed by atoms with Gasteiger partial charge in [-0.3, -0.25) is 0 Å². The average Bonchev–Trinajstić information content (AvgIpc) is 3.53. The van der Waals surface area contributed by atoms with Gasteiger partial charge in [0.2, 0.25) is 0 Å². The SMILES string of the molecule is CC1(C(=O)O)CCC2(CCN(C[C@]3(Cc4ccc(Cl)cc4Cl)CNC[C@@H]3c3ccsc3)CC2)O1. The topological polar surface area (TPSA) is 61.8 Å². The first kappa shape index (κ1) is 24.5. The van der Waals surface area contributed by atoms with Crippen molar-refractivity contribution < 1.29 is 14.6 Å². The second-order valence-corrected chi connectivity index (χ2v) is 12.2. The summed E-state index contributed by atoms with van der Waals surface area (Å²) in [6.07, 6.45) is 4.06. The fraction of sp³-hybridized carbons (Fsp3) is 0.577. The molecular weight excluding hydrogens is 491 g/mol. The highest BCUT2D eigenvalue weighted by molar-refractivity contribution is 7.08. The van der Waals surface area contributed by atoms with Gasteiger partial charge in [0.1, 0.15) is 0 Å². The molecule has 3 aliphatic rings. The minimum absolute atomic E-state index is 0.00909. The van der Waals surface area contributed by atoms with Crippen molar-refractivity contribution in [2.24, 2.45) is 5.41 Å². The normalized spacial score (nSPS) is 31.3. The van der Waals surface area contributed by atoms with Crippen molar-refractivity contribution in [1.82, 2.24) is 10.2 Å². The van der Waals surface area contributed by atoms with Crippen LogP contribution in [0.25, 0.3) is 0 Å². The maximum absolute atomic E-state index is 11.7. The molecule has 3 aliphatic heterocycles. The lowest BCUT2D eigenvalue weighted by Gasteiger charge is -2.45. The van der Waals surface area contributed by atoms with E-state index in [1.807, 2.05) is 12.1 Å². The van der Waals surface area contributed by atoms with Gasteiger partial charge in [-0.2, -0.15) is 11.3 Å². The molecule has 5 nitrogen and oxygen atoms in total. The van der Waals surface area contributed by atoms with Crippen LogP contribution in [-0.2, 0) is 16.0 Å². The molecule has 0 radical (unpaired) electrons. The maximum atomic E-state index is 11.7. The average molecular weight is 524 g/mol. The number of carboxylic acids is 1. The Bertz CT molecular complexity index is 1040. The largest absolute Gasteiger partial charge is 0.479 e. The number of benzene rings is 1. The highest BCUT2D eigenvalue weighted by Gasteiger charge is 2.53. The predicted octanol–water partition coefficient (Wildman–Crippen LogP) is 5.46. The van der Waals surface area contributed by atoms with Gasteiger partial charge in [-0.15, -0.1) is 0 Å². The van der Waals surface area contributed by atoms with E-state index in [4.69, 9.17) is 27.9 Å². The number of hydrogen-bond acceptors (Lipinski definition) is 5. The number of aliphatic carboxylic acids is 1. The zero-order valence-electron chi connectivity index (χ0n) is 19.5. The molecule has 4 heterocycles. The highest BCUT2D eigenvalue weighted by Crippen LogP contribution is 2.47. The number of carboxylic acid groups (broad SMARTS) is 1. The van der Waals surface area contributed by atoms with Crippen LogP contribution < -0.4 is 5.32 Å². The Kier molecular flexibility index (Phi) is 6.77. The predicted molar refractivity (Wildman–Crippen MR) is 137 cm³/mol. The van der Waals surface area contributed by atoms with E-state index in [0.717, 1.165) is 69.0 Å². The molecule has 0 saturated carbocycles. The van der Waals surface area contributed by atoms with Crippen LogP contribution in [0.3, 0.4) is 0 Å². The van der Waals surface area contributed by atoms with Gasteiger partial charge >= 0.3 is 5.97 Å². The molecule has 34 heavy (non-hydrogen) atoms. The molecule has 1 unspecified atom stereocenters. The Labute approximate surface area is 215 Å². The number of nitrogens with one attached hydrogen (secondary N) is 1. The van der Waals surface area contributed by atoms with Gasteiger partial charge < -0.3 is 20.1 Å². The fourth-order valence-electron chi connectivity index (χ4n) is 6.31. The first-order chi connectivity index (χ1) is 16.2. The second-order valence-electron chi connectivity index (χ2n) is 10.6. The molecule has 0 bridgehead atoms. The van der Waals surface area contributed by atoms with Crippen molar-refractivity contribution in [3.05, 3.63) is 56.2 Å². The zero-order valence-corrected chi connectivity index (χ0v) is 21.8. The molecule has 1 aromatic carbocycles. The lowest BCUT2D eigenvalue weighted by atomic mass is 9.70. The van der Waals surface area contributed by atoms with Gasteiger partial charge in [0.05, 0.1) is 5.60 Å². The number of thiophene rings is 1. The summed E-state index contributed by atoms with van der Waals surface area (Å²) < 4.78 is 6.22. The third-order valence-corrected chi connectivity index (χ3v) is 9.61. The highest BCUT2D eigenvalue weighted by atomic mass is 35.5. The minimum atomic E-state index is -1.05. The van der Waals surface area contributed by atoms with E-state index in [1.165, 1.54) is 5.56 Å². The Balaban J connectivity index is 1.35. The smallest absolute Gasteiger partial charge is 0.335 e. The molecule has 3 atom stereocenters. The zero-order chi connectivity index (χ0) is 24.0. The fourth-order valence-corrected chi connectivity index (χ4v) is 7.50. The van der Waals surface area contributed by atoms with Crippen LogP contribution in [0.4, 0.5) is 0 Å². The van der Waals surface area contributed by atoms with Gasteiger partial charge in [-0.05, 0) is 79.1 Å². The molecule has 8 heteroatoms. The van der Waals surface area contributed by atoms with Crippen molar-refractivity contribution in [2.45, 2.75) is 56.1 Å². The van der Waals surface area contributed by atoms with Crippen molar-refractivity contribution in [1.29, 1.82) is 0 Å². The summed E-state index contributed by atoms with van der Waals surface area (Å²) in [4.78, 5) is 14.3. The molecule has 2 aromatic rings. The maximum Gasteiger partial charge on any atom is 0.335 e. The first-order valence-corrected chi connectivity index (χ1v) is 13.8. The molecule has 184 valence electrons. The number of carbonyl (C=O) groups is 1. The lowest BCUT2D eigenvalue weighted by molar-refractivity contribution is -0.175. The summed E-state index contributed by atoms with van der Waals surface area (Å²) >= 11 is 14.6. The van der Waals surface area contributed by atoms with Crippen LogP contribution in [0.15, 0.2) is 35.0 Å². The summed E-state index contributed by atoms with van der Waals surface area (Å²) in [5.74, 6) is -0.444. The Morgan fingerprint density at radius 1 is 1.24 bits per heavy atom. The van der Waals surface area contributed by atoms with Gasteiger partial charge in [0.15, 0.2) is 5.60 Å². The number of ether oxygens (including phenoxy) is 1. The monoisotopic (exact) mass is 522 g/mol. The summed E-state index contributed by atoms with van der Waals surface area (Å²) in [6, 6.07) is 8.10. The molecule has 1 aromatic heterocycles. The van der Waals surface area contributed by atoms with Crippen molar-refractivity contribution in [2.75, 3.05) is 32.7 Å². The Hall–Kier alpha value is -1.15. The third-order valence-electron chi connectivity index (χ3n) is 8.33. The summed E-state index contributed by atoms with van der Waals surface area (Å²) in [5, 5.41) is 19.1. The Morgan fingerprint density at radius 2 is 2.03 bits per heavy atom. The van der Waals surface area contributed by atoms with Crippen molar-refractivity contribution >= 4 is 40.5 Å². The van der Waals surface area contributed by atoms with Crippen molar-refractivity contribution in [3.63, 3.8) is 0 Å². The molecule has 3 saturated heterocycles. The molecular formula is C26H32Cl2N2O3S. The summed E-state index contributed by atoms with van der Waals surface area (Å²) in [6.45, 7) is 6.41. The van der Waals surface area contributed by atoms with E-state index in [1.54, 1.807) is 18.3 Å². The van der Waals surface area contributed by atoms with Crippen LogP contribution in [0.5, 0.6) is 0 Å². The standard InChI is InChI=1S/C26H32Cl2N2O3S/c1-24(23(31)32)5-6-26(33-24)7-9-30(10-8-26)17-25(13-18-2-3-20(27)12-22(18)28)16-29-14-21(25)19-4-11-34-15-19/h2-4,11-12,15,21,29H,5-10,13-14,16-17H2,1H3,(H,31,32)/t21-,24?,25+/m1/s1. The molecule has 2 N–H and O–H groups in total. The van der Waals surface area contributed by atoms with Gasteiger partial charge in [0, 0.05) is 54.1 Å². The van der Waals surface area contributed by atoms with Gasteiger partial charge in [-0.25, -0.2) is 4.79 Å². The third kappa shape index (κ3) is 4.65. The van der Waals surface area contributed by atoms with E-state index in [9.17, 15) is 9.90 Å².